The van der Waals surface area contributed by atoms with E-state index in [0.717, 1.165) is 24.3 Å². The van der Waals surface area contributed by atoms with Crippen LogP contribution in [0.1, 0.15) is 11.7 Å². The molecule has 1 aromatic carbocycles. The van der Waals surface area contributed by atoms with Crippen molar-refractivity contribution in [2.24, 2.45) is 0 Å². The summed E-state index contributed by atoms with van der Waals surface area (Å²) in [6, 6.07) is 8.50. The van der Waals surface area contributed by atoms with E-state index in [2.05, 4.69) is 22.5 Å². The molecule has 94 valence electrons. The molecule has 1 aliphatic rings. The Balaban J connectivity index is 1.87. The number of para-hydroxylation sites is 1. The Hall–Kier alpha value is -2.04. The third-order valence-electron chi connectivity index (χ3n) is 3.51. The highest BCUT2D eigenvalue weighted by atomic mass is 16.2. The summed E-state index contributed by atoms with van der Waals surface area (Å²) in [5.74, 6) is 0. The monoisotopic (exact) mass is 244 g/mol. The molecule has 2 aromatic rings. The average molecular weight is 244 g/mol. The smallest absolute Gasteiger partial charge is 0.317 e. The number of hydrogen-bond donors (Lipinski definition) is 1. The van der Waals surface area contributed by atoms with Gasteiger partial charge >= 0.3 is 6.03 Å². The first-order chi connectivity index (χ1) is 8.70. The van der Waals surface area contributed by atoms with Crippen LogP contribution in [0.2, 0.25) is 0 Å². The molecule has 1 saturated heterocycles. The van der Waals surface area contributed by atoms with Gasteiger partial charge in [0.1, 0.15) is 0 Å². The Kier molecular flexibility index (Phi) is 2.47. The zero-order valence-corrected chi connectivity index (χ0v) is 10.6. The summed E-state index contributed by atoms with van der Waals surface area (Å²) in [5.41, 5.74) is 2.19. The highest BCUT2D eigenvalue weighted by Gasteiger charge is 2.32. The van der Waals surface area contributed by atoms with Crippen LogP contribution in [0.25, 0.3) is 10.9 Å². The van der Waals surface area contributed by atoms with Gasteiger partial charge in [0.25, 0.3) is 0 Å². The third kappa shape index (κ3) is 1.54. The summed E-state index contributed by atoms with van der Waals surface area (Å²) in [6.45, 7) is 3.48. The van der Waals surface area contributed by atoms with Gasteiger partial charge in [0.05, 0.1) is 17.3 Å². The molecule has 1 fully saturated rings. The molecule has 0 spiro atoms. The highest BCUT2D eigenvalue weighted by molar-refractivity contribution is 5.82. The van der Waals surface area contributed by atoms with Gasteiger partial charge in [-0.25, -0.2) is 4.79 Å². The van der Waals surface area contributed by atoms with Crippen LogP contribution in [0.3, 0.4) is 0 Å². The standard InChI is InChI=1S/C13H16N4O/c1-9-11-5-3-4-6-12(11)17(15-9)10-7-16(8-10)13(18)14-2/h3-6,10H,7-8H2,1-2H3,(H,14,18). The summed E-state index contributed by atoms with van der Waals surface area (Å²) in [6.07, 6.45) is 0. The normalized spacial score (nSPS) is 15.8. The summed E-state index contributed by atoms with van der Waals surface area (Å²) in [7, 11) is 1.66. The maximum Gasteiger partial charge on any atom is 0.317 e. The molecule has 18 heavy (non-hydrogen) atoms. The molecule has 0 bridgehead atoms. The molecule has 5 nitrogen and oxygen atoms in total. The van der Waals surface area contributed by atoms with Crippen LogP contribution in [-0.4, -0.2) is 40.8 Å². The Labute approximate surface area is 105 Å². The van der Waals surface area contributed by atoms with Gasteiger partial charge in [-0.2, -0.15) is 5.10 Å². The van der Waals surface area contributed by atoms with Gasteiger partial charge in [0.2, 0.25) is 0 Å². The van der Waals surface area contributed by atoms with Crippen molar-refractivity contribution in [3.05, 3.63) is 30.0 Å². The molecule has 1 N–H and O–H groups in total. The zero-order valence-electron chi connectivity index (χ0n) is 10.6. The predicted octanol–water partition coefficient (Wildman–Crippen LogP) is 1.54. The minimum atomic E-state index is -0.0144. The maximum atomic E-state index is 11.4. The van der Waals surface area contributed by atoms with Gasteiger partial charge < -0.3 is 10.2 Å². The van der Waals surface area contributed by atoms with E-state index in [1.54, 1.807) is 11.9 Å². The fourth-order valence-electron chi connectivity index (χ4n) is 2.46. The minimum absolute atomic E-state index is 0.0144. The van der Waals surface area contributed by atoms with E-state index in [9.17, 15) is 4.79 Å². The third-order valence-corrected chi connectivity index (χ3v) is 3.51. The lowest BCUT2D eigenvalue weighted by Crippen LogP contribution is -2.53. The molecule has 2 heterocycles. The fourth-order valence-corrected chi connectivity index (χ4v) is 2.46. The number of rotatable bonds is 1. The number of nitrogens with zero attached hydrogens (tertiary/aromatic N) is 3. The second kappa shape index (κ2) is 4.01. The van der Waals surface area contributed by atoms with Crippen molar-refractivity contribution in [1.29, 1.82) is 0 Å². The van der Waals surface area contributed by atoms with Gasteiger partial charge in [-0.1, -0.05) is 18.2 Å². The van der Waals surface area contributed by atoms with E-state index in [4.69, 9.17) is 0 Å². The van der Waals surface area contributed by atoms with Crippen LogP contribution in [0.5, 0.6) is 0 Å². The second-order valence-corrected chi connectivity index (χ2v) is 4.66. The number of amides is 2. The maximum absolute atomic E-state index is 11.4. The molecular formula is C13H16N4O. The van der Waals surface area contributed by atoms with Gasteiger partial charge in [0.15, 0.2) is 0 Å². The molecule has 0 aliphatic carbocycles. The van der Waals surface area contributed by atoms with E-state index < -0.39 is 0 Å². The van der Waals surface area contributed by atoms with Crippen molar-refractivity contribution in [3.8, 4) is 0 Å². The average Bonchev–Trinajstić information content (AvgIpc) is 2.66. The Morgan fingerprint density at radius 2 is 2.11 bits per heavy atom. The summed E-state index contributed by atoms with van der Waals surface area (Å²) < 4.78 is 2.05. The van der Waals surface area contributed by atoms with Gasteiger partial charge in [0, 0.05) is 25.5 Å². The van der Waals surface area contributed by atoms with Gasteiger partial charge in [-0.05, 0) is 13.0 Å². The van der Waals surface area contributed by atoms with Crippen LogP contribution in [0.15, 0.2) is 24.3 Å². The lowest BCUT2D eigenvalue weighted by molar-refractivity contribution is 0.122. The van der Waals surface area contributed by atoms with Crippen LogP contribution in [0, 0.1) is 6.92 Å². The first-order valence-electron chi connectivity index (χ1n) is 6.11. The lowest BCUT2D eigenvalue weighted by atomic mass is 10.1. The number of urea groups is 1. The van der Waals surface area contributed by atoms with Crippen LogP contribution < -0.4 is 5.32 Å². The fraction of sp³-hybridized carbons (Fsp3) is 0.385. The van der Waals surface area contributed by atoms with Crippen molar-refractivity contribution < 1.29 is 4.79 Å². The van der Waals surface area contributed by atoms with Crippen LogP contribution >= 0.6 is 0 Å². The van der Waals surface area contributed by atoms with E-state index in [1.807, 2.05) is 23.7 Å². The molecular weight excluding hydrogens is 228 g/mol. The molecule has 5 heteroatoms. The van der Waals surface area contributed by atoms with Crippen molar-refractivity contribution in [3.63, 3.8) is 0 Å². The quantitative estimate of drug-likeness (QED) is 0.827. The van der Waals surface area contributed by atoms with Gasteiger partial charge in [-0.15, -0.1) is 0 Å². The molecule has 1 aliphatic heterocycles. The number of aryl methyl sites for hydroxylation is 1. The van der Waals surface area contributed by atoms with Crippen molar-refractivity contribution in [1.82, 2.24) is 20.0 Å². The zero-order chi connectivity index (χ0) is 12.7. The molecule has 1 aromatic heterocycles. The molecule has 0 radical (unpaired) electrons. The predicted molar refractivity (Wildman–Crippen MR) is 69.5 cm³/mol. The largest absolute Gasteiger partial charge is 0.341 e. The number of aromatic nitrogens is 2. The Morgan fingerprint density at radius 3 is 2.83 bits per heavy atom. The van der Waals surface area contributed by atoms with Crippen molar-refractivity contribution >= 4 is 16.9 Å². The first-order valence-corrected chi connectivity index (χ1v) is 6.11. The summed E-state index contributed by atoms with van der Waals surface area (Å²) >= 11 is 0. The molecule has 0 unspecified atom stereocenters. The van der Waals surface area contributed by atoms with E-state index in [-0.39, 0.29) is 6.03 Å². The summed E-state index contributed by atoms with van der Waals surface area (Å²) in [4.78, 5) is 13.2. The highest BCUT2D eigenvalue weighted by Crippen LogP contribution is 2.26. The number of fused-ring (bicyclic) bond motifs is 1. The van der Waals surface area contributed by atoms with Gasteiger partial charge in [-0.3, -0.25) is 4.68 Å². The summed E-state index contributed by atoms with van der Waals surface area (Å²) in [5, 5.41) is 8.42. The van der Waals surface area contributed by atoms with Crippen LogP contribution in [0.4, 0.5) is 4.79 Å². The number of hydrogen-bond acceptors (Lipinski definition) is 2. The number of carbonyl (C=O) groups is 1. The SMILES string of the molecule is CNC(=O)N1CC(n2nc(C)c3ccccc32)C1. The number of benzene rings is 1. The Morgan fingerprint density at radius 1 is 1.39 bits per heavy atom. The number of carbonyl (C=O) groups excluding carboxylic acids is 1. The first kappa shape index (κ1) is 11.1. The second-order valence-electron chi connectivity index (χ2n) is 4.66. The topological polar surface area (TPSA) is 50.2 Å². The Bertz CT molecular complexity index is 598. The van der Waals surface area contributed by atoms with E-state index in [0.29, 0.717) is 6.04 Å². The van der Waals surface area contributed by atoms with Crippen LogP contribution in [-0.2, 0) is 0 Å². The molecule has 2 amide bonds. The van der Waals surface area contributed by atoms with E-state index in [1.165, 1.54) is 5.39 Å². The van der Waals surface area contributed by atoms with E-state index >= 15 is 0 Å². The van der Waals surface area contributed by atoms with Crippen molar-refractivity contribution in [2.45, 2.75) is 13.0 Å². The molecule has 0 saturated carbocycles. The van der Waals surface area contributed by atoms with Crippen molar-refractivity contribution in [2.75, 3.05) is 20.1 Å². The number of likely N-dealkylation sites (tertiary alicyclic amines) is 1. The minimum Gasteiger partial charge on any atom is -0.341 e. The number of nitrogens with one attached hydrogen (secondary N) is 1. The lowest BCUT2D eigenvalue weighted by Gasteiger charge is -2.39. The molecule has 0 atom stereocenters. The molecule has 3 rings (SSSR count).